The summed E-state index contributed by atoms with van der Waals surface area (Å²) < 4.78 is 11.9. The number of Topliss-reactive ketones (excluding diaryl/α,β-unsaturated/α-hetero) is 1. The van der Waals surface area contributed by atoms with Crippen molar-refractivity contribution in [2.24, 2.45) is 0 Å². The summed E-state index contributed by atoms with van der Waals surface area (Å²) in [6.07, 6.45) is 0. The quantitative estimate of drug-likeness (QED) is 0.795. The van der Waals surface area contributed by atoms with Gasteiger partial charge >= 0.3 is 0 Å². The van der Waals surface area contributed by atoms with E-state index in [0.29, 0.717) is 9.77 Å². The molecule has 0 aliphatic rings. The molecule has 0 amide bonds. The van der Waals surface area contributed by atoms with Crippen molar-refractivity contribution in [1.29, 1.82) is 0 Å². The molecule has 0 spiro atoms. The molecule has 0 saturated heterocycles. The van der Waals surface area contributed by atoms with Gasteiger partial charge in [0, 0.05) is 9.77 Å². The second kappa shape index (κ2) is 5.38. The van der Waals surface area contributed by atoms with E-state index in [1.165, 1.54) is 11.3 Å². The predicted molar refractivity (Wildman–Crippen MR) is 71.1 cm³/mol. The van der Waals surface area contributed by atoms with Crippen molar-refractivity contribution in [1.82, 2.24) is 0 Å². The molecule has 17 heavy (non-hydrogen) atoms. The smallest absolute Gasteiger partial charge is 0.185 e. The largest absolute Gasteiger partial charge is 0.292 e. The molecule has 2 aromatic rings. The molecule has 0 bridgehead atoms. The second-order valence-electron chi connectivity index (χ2n) is 3.64. The minimum atomic E-state index is -1.25. The van der Waals surface area contributed by atoms with Crippen LogP contribution in [0.4, 0.5) is 0 Å². The van der Waals surface area contributed by atoms with Gasteiger partial charge in [0.25, 0.3) is 0 Å². The Kier molecular flexibility index (Phi) is 3.86. The first kappa shape index (κ1) is 12.2. The van der Waals surface area contributed by atoms with Gasteiger partial charge in [0.2, 0.25) is 0 Å². The van der Waals surface area contributed by atoms with Crippen LogP contribution in [0.1, 0.15) is 14.5 Å². The van der Waals surface area contributed by atoms with Crippen LogP contribution in [0.5, 0.6) is 0 Å². The zero-order chi connectivity index (χ0) is 12.3. The fourth-order valence-electron chi connectivity index (χ4n) is 1.43. The highest BCUT2D eigenvalue weighted by atomic mass is 32.2. The molecule has 1 atom stereocenters. The SMILES string of the molecule is Cc1ccc(C(=O)CS(=O)c2ccccc2)s1. The van der Waals surface area contributed by atoms with Gasteiger partial charge in [0.05, 0.1) is 21.4 Å². The summed E-state index contributed by atoms with van der Waals surface area (Å²) in [4.78, 5) is 14.3. The average Bonchev–Trinajstić information content (AvgIpc) is 2.77. The Morgan fingerprint density at radius 3 is 2.47 bits per heavy atom. The van der Waals surface area contributed by atoms with Gasteiger partial charge < -0.3 is 0 Å². The Hall–Kier alpha value is -1.26. The molecule has 0 radical (unpaired) electrons. The van der Waals surface area contributed by atoms with Crippen LogP contribution in [-0.2, 0) is 10.8 Å². The topological polar surface area (TPSA) is 34.1 Å². The Bertz CT molecular complexity index is 544. The van der Waals surface area contributed by atoms with E-state index >= 15 is 0 Å². The van der Waals surface area contributed by atoms with Crippen LogP contribution in [0.25, 0.3) is 0 Å². The average molecular weight is 264 g/mol. The number of rotatable bonds is 4. The number of carbonyl (C=O) groups is 1. The van der Waals surface area contributed by atoms with E-state index in [4.69, 9.17) is 0 Å². The van der Waals surface area contributed by atoms with Crippen molar-refractivity contribution in [3.63, 3.8) is 0 Å². The standard InChI is InChI=1S/C13H12O2S2/c1-10-7-8-13(16-10)12(14)9-17(15)11-5-3-2-4-6-11/h2-8H,9H2,1H3. The number of hydrogen-bond acceptors (Lipinski definition) is 3. The maximum absolute atomic E-state index is 11.9. The molecule has 1 aromatic carbocycles. The number of ketones is 1. The minimum Gasteiger partial charge on any atom is -0.292 e. The summed E-state index contributed by atoms with van der Waals surface area (Å²) in [5.74, 6) is 0.00883. The molecule has 0 aliphatic heterocycles. The normalized spacial score (nSPS) is 12.3. The zero-order valence-electron chi connectivity index (χ0n) is 9.38. The summed E-state index contributed by atoms with van der Waals surface area (Å²) in [5, 5.41) is 0. The van der Waals surface area contributed by atoms with Crippen molar-refractivity contribution in [2.75, 3.05) is 5.75 Å². The lowest BCUT2D eigenvalue weighted by atomic mass is 10.3. The molecule has 1 aromatic heterocycles. The molecule has 88 valence electrons. The number of thiophene rings is 1. The molecular formula is C13H12O2S2. The summed E-state index contributed by atoms with van der Waals surface area (Å²) in [5.41, 5.74) is 0. The molecule has 2 nitrogen and oxygen atoms in total. The Labute approximate surface area is 107 Å². The molecule has 1 heterocycles. The van der Waals surface area contributed by atoms with E-state index in [-0.39, 0.29) is 11.5 Å². The first-order valence-corrected chi connectivity index (χ1v) is 7.33. The molecule has 0 aliphatic carbocycles. The van der Waals surface area contributed by atoms with E-state index in [1.54, 1.807) is 18.2 Å². The molecule has 0 N–H and O–H groups in total. The fraction of sp³-hybridized carbons (Fsp3) is 0.154. The number of hydrogen-bond donors (Lipinski definition) is 0. The monoisotopic (exact) mass is 264 g/mol. The Balaban J connectivity index is 2.07. The second-order valence-corrected chi connectivity index (χ2v) is 6.38. The van der Waals surface area contributed by atoms with E-state index in [1.807, 2.05) is 31.2 Å². The third-order valence-corrected chi connectivity index (χ3v) is 4.65. The van der Waals surface area contributed by atoms with Crippen molar-refractivity contribution in [3.8, 4) is 0 Å². The summed E-state index contributed by atoms with van der Waals surface area (Å²) in [6, 6.07) is 12.8. The van der Waals surface area contributed by atoms with Crippen molar-refractivity contribution in [2.45, 2.75) is 11.8 Å². The third-order valence-electron chi connectivity index (χ3n) is 2.28. The lowest BCUT2D eigenvalue weighted by Crippen LogP contribution is -2.09. The fourth-order valence-corrected chi connectivity index (χ4v) is 3.35. The van der Waals surface area contributed by atoms with Crippen LogP contribution in [0.15, 0.2) is 47.4 Å². The van der Waals surface area contributed by atoms with Gasteiger partial charge in [-0.05, 0) is 31.2 Å². The highest BCUT2D eigenvalue weighted by molar-refractivity contribution is 7.85. The first-order valence-electron chi connectivity index (χ1n) is 5.20. The predicted octanol–water partition coefficient (Wildman–Crippen LogP) is 3.05. The van der Waals surface area contributed by atoms with E-state index in [2.05, 4.69) is 0 Å². The summed E-state index contributed by atoms with van der Waals surface area (Å²) in [7, 11) is -1.25. The van der Waals surface area contributed by atoms with E-state index < -0.39 is 10.8 Å². The molecule has 4 heteroatoms. The highest BCUT2D eigenvalue weighted by Crippen LogP contribution is 2.17. The van der Waals surface area contributed by atoms with Gasteiger partial charge in [-0.3, -0.25) is 9.00 Å². The Morgan fingerprint density at radius 2 is 1.88 bits per heavy atom. The van der Waals surface area contributed by atoms with Crippen LogP contribution < -0.4 is 0 Å². The first-order chi connectivity index (χ1) is 8.16. The van der Waals surface area contributed by atoms with E-state index in [9.17, 15) is 9.00 Å². The summed E-state index contributed by atoms with van der Waals surface area (Å²) in [6.45, 7) is 1.95. The summed E-state index contributed by atoms with van der Waals surface area (Å²) >= 11 is 1.45. The Morgan fingerprint density at radius 1 is 1.18 bits per heavy atom. The van der Waals surface area contributed by atoms with Gasteiger partial charge in [-0.2, -0.15) is 0 Å². The van der Waals surface area contributed by atoms with Crippen LogP contribution in [-0.4, -0.2) is 15.7 Å². The number of aryl methyl sites for hydroxylation is 1. The molecule has 1 unspecified atom stereocenters. The lowest BCUT2D eigenvalue weighted by Gasteiger charge is -2.00. The lowest BCUT2D eigenvalue weighted by molar-refractivity contribution is 0.102. The van der Waals surface area contributed by atoms with Gasteiger partial charge in [-0.15, -0.1) is 11.3 Å². The molecular weight excluding hydrogens is 252 g/mol. The molecule has 0 fully saturated rings. The zero-order valence-corrected chi connectivity index (χ0v) is 11.0. The van der Waals surface area contributed by atoms with Gasteiger partial charge in [0.15, 0.2) is 5.78 Å². The molecule has 2 rings (SSSR count). The van der Waals surface area contributed by atoms with Crippen LogP contribution in [0, 0.1) is 6.92 Å². The van der Waals surface area contributed by atoms with E-state index in [0.717, 1.165) is 4.88 Å². The number of carbonyl (C=O) groups excluding carboxylic acids is 1. The maximum Gasteiger partial charge on any atom is 0.185 e. The maximum atomic E-state index is 11.9. The van der Waals surface area contributed by atoms with Gasteiger partial charge in [-0.25, -0.2) is 0 Å². The van der Waals surface area contributed by atoms with Crippen molar-refractivity contribution in [3.05, 3.63) is 52.2 Å². The number of benzene rings is 1. The van der Waals surface area contributed by atoms with Crippen LogP contribution in [0.3, 0.4) is 0 Å². The van der Waals surface area contributed by atoms with Crippen molar-refractivity contribution < 1.29 is 9.00 Å². The third kappa shape index (κ3) is 3.11. The van der Waals surface area contributed by atoms with Crippen LogP contribution in [0.2, 0.25) is 0 Å². The van der Waals surface area contributed by atoms with Gasteiger partial charge in [0.1, 0.15) is 0 Å². The van der Waals surface area contributed by atoms with Gasteiger partial charge in [-0.1, -0.05) is 18.2 Å². The highest BCUT2D eigenvalue weighted by Gasteiger charge is 2.13. The van der Waals surface area contributed by atoms with Crippen LogP contribution >= 0.6 is 11.3 Å². The van der Waals surface area contributed by atoms with Crippen molar-refractivity contribution >= 4 is 27.9 Å². The molecule has 0 saturated carbocycles. The minimum absolute atomic E-state index is 0.0507.